The van der Waals surface area contributed by atoms with Crippen LogP contribution >= 0.6 is 0 Å². The summed E-state index contributed by atoms with van der Waals surface area (Å²) in [4.78, 5) is 0. The first kappa shape index (κ1) is 28.2. The van der Waals surface area contributed by atoms with Gasteiger partial charge in [0.1, 0.15) is 18.1 Å². The Hall–Kier alpha value is -3.38. The molecule has 0 heterocycles. The van der Waals surface area contributed by atoms with E-state index in [-0.39, 0.29) is 0 Å². The van der Waals surface area contributed by atoms with E-state index in [2.05, 4.69) is 53.1 Å². The molecule has 1 atom stereocenters. The Balaban J connectivity index is 1.13. The summed E-state index contributed by atoms with van der Waals surface area (Å²) in [6, 6.07) is 18.5. The van der Waals surface area contributed by atoms with Crippen molar-refractivity contribution in [3.8, 4) is 23.0 Å². The first-order chi connectivity index (χ1) is 19.6. The number of anilines is 1. The monoisotopic (exact) mass is 544 g/mol. The summed E-state index contributed by atoms with van der Waals surface area (Å²) in [6.45, 7) is 3.60. The fraction of sp³-hybridized carbons (Fsp3) is 0.471. The minimum absolute atomic E-state index is 0.347. The number of aryl methyl sites for hydroxylation is 2. The summed E-state index contributed by atoms with van der Waals surface area (Å²) in [5, 5.41) is 17.1. The van der Waals surface area contributed by atoms with E-state index in [0.717, 1.165) is 80.6 Å². The van der Waals surface area contributed by atoms with Gasteiger partial charge in [0.2, 0.25) is 0 Å². The normalized spacial score (nSPS) is 16.6. The maximum Gasteiger partial charge on any atom is 0.162 e. The van der Waals surface area contributed by atoms with Gasteiger partial charge in [0, 0.05) is 24.8 Å². The summed E-state index contributed by atoms with van der Waals surface area (Å²) >= 11 is 0. The van der Waals surface area contributed by atoms with Crippen molar-refractivity contribution in [1.82, 2.24) is 5.32 Å². The summed E-state index contributed by atoms with van der Waals surface area (Å²) in [5.41, 5.74) is 6.26. The first-order valence-corrected chi connectivity index (χ1v) is 14.9. The summed E-state index contributed by atoms with van der Waals surface area (Å²) in [5.74, 6) is 4.04. The van der Waals surface area contributed by atoms with Crippen LogP contribution in [0.1, 0.15) is 60.3 Å². The molecule has 6 heteroatoms. The summed E-state index contributed by atoms with van der Waals surface area (Å²) < 4.78 is 17.2. The van der Waals surface area contributed by atoms with Gasteiger partial charge in [0.15, 0.2) is 11.5 Å². The van der Waals surface area contributed by atoms with E-state index in [4.69, 9.17) is 14.2 Å². The van der Waals surface area contributed by atoms with E-state index >= 15 is 0 Å². The second-order valence-corrected chi connectivity index (χ2v) is 11.2. The van der Waals surface area contributed by atoms with Gasteiger partial charge in [-0.2, -0.15) is 0 Å². The van der Waals surface area contributed by atoms with Gasteiger partial charge in [-0.15, -0.1) is 0 Å². The van der Waals surface area contributed by atoms with Crippen LogP contribution in [0, 0.1) is 5.92 Å². The molecule has 2 aliphatic carbocycles. The molecule has 214 valence electrons. The molecule has 40 heavy (non-hydrogen) atoms. The first-order valence-electron chi connectivity index (χ1n) is 14.9. The minimum Gasteiger partial charge on any atom is -0.508 e. The van der Waals surface area contributed by atoms with Crippen LogP contribution in [0.15, 0.2) is 54.6 Å². The quantitative estimate of drug-likeness (QED) is 0.201. The molecule has 0 saturated heterocycles. The fourth-order valence-corrected chi connectivity index (χ4v) is 5.90. The van der Waals surface area contributed by atoms with Crippen molar-refractivity contribution in [1.29, 1.82) is 0 Å². The molecular weight excluding hydrogens is 500 g/mol. The van der Waals surface area contributed by atoms with Crippen LogP contribution in [0.4, 0.5) is 5.69 Å². The van der Waals surface area contributed by atoms with Crippen molar-refractivity contribution in [2.24, 2.45) is 5.92 Å². The van der Waals surface area contributed by atoms with Crippen molar-refractivity contribution in [3.63, 3.8) is 0 Å². The van der Waals surface area contributed by atoms with E-state index in [1.54, 1.807) is 20.3 Å². The highest BCUT2D eigenvalue weighted by Gasteiger charge is 2.24. The highest BCUT2D eigenvalue weighted by atomic mass is 16.5. The van der Waals surface area contributed by atoms with Gasteiger partial charge in [-0.25, -0.2) is 0 Å². The minimum atomic E-state index is 0.347. The van der Waals surface area contributed by atoms with Gasteiger partial charge >= 0.3 is 0 Å². The molecule has 0 unspecified atom stereocenters. The molecule has 2 aliphatic rings. The topological polar surface area (TPSA) is 72.0 Å². The van der Waals surface area contributed by atoms with Crippen molar-refractivity contribution in [2.75, 3.05) is 45.8 Å². The lowest BCUT2D eigenvalue weighted by Gasteiger charge is -2.28. The summed E-state index contributed by atoms with van der Waals surface area (Å²) in [7, 11) is 3.38. The van der Waals surface area contributed by atoms with Gasteiger partial charge in [-0.1, -0.05) is 24.6 Å². The molecule has 0 bridgehead atoms. The lowest BCUT2D eigenvalue weighted by Crippen LogP contribution is -2.30. The zero-order chi connectivity index (χ0) is 27.7. The highest BCUT2D eigenvalue weighted by molar-refractivity contribution is 5.62. The predicted octanol–water partition coefficient (Wildman–Crippen LogP) is 6.50. The molecule has 0 amide bonds. The molecule has 5 rings (SSSR count). The number of hydrogen-bond acceptors (Lipinski definition) is 6. The average molecular weight is 545 g/mol. The summed E-state index contributed by atoms with van der Waals surface area (Å²) in [6.07, 6.45) is 9.11. The maximum absolute atomic E-state index is 9.89. The van der Waals surface area contributed by atoms with Crippen LogP contribution in [-0.2, 0) is 19.3 Å². The number of benzene rings is 3. The van der Waals surface area contributed by atoms with Crippen molar-refractivity contribution >= 4 is 5.69 Å². The molecule has 3 N–H and O–H groups in total. The fourth-order valence-electron chi connectivity index (χ4n) is 5.90. The molecular formula is C34H44N2O4. The standard InChI is InChI=1S/C34H44N2O4/c1-38-33-21-31(28-11-10-27-20-29(37)13-12-26(27)19-28)32(22-34(33)39-2)36-16-4-7-24-8-14-30(15-9-24)40-18-17-35-23-25-5-3-6-25/h8-9,12-15,20-22,25,28,35-37H,3-7,10-11,16-19,23H2,1-2H3/t28-/m1/s1. The third-order valence-corrected chi connectivity index (χ3v) is 8.50. The smallest absolute Gasteiger partial charge is 0.162 e. The molecule has 0 spiro atoms. The van der Waals surface area contributed by atoms with Crippen LogP contribution in [0.2, 0.25) is 0 Å². The van der Waals surface area contributed by atoms with Crippen LogP contribution < -0.4 is 24.8 Å². The van der Waals surface area contributed by atoms with E-state index in [1.807, 2.05) is 6.07 Å². The Kier molecular flexibility index (Phi) is 9.72. The number of nitrogens with one attached hydrogen (secondary N) is 2. The van der Waals surface area contributed by atoms with Gasteiger partial charge in [-0.3, -0.25) is 0 Å². The van der Waals surface area contributed by atoms with Crippen LogP contribution in [0.5, 0.6) is 23.0 Å². The Morgan fingerprint density at radius 3 is 2.42 bits per heavy atom. The Morgan fingerprint density at radius 1 is 0.875 bits per heavy atom. The molecule has 3 aromatic carbocycles. The molecule has 0 radical (unpaired) electrons. The number of fused-ring (bicyclic) bond motifs is 1. The molecule has 6 nitrogen and oxygen atoms in total. The predicted molar refractivity (Wildman–Crippen MR) is 161 cm³/mol. The number of ether oxygens (including phenoxy) is 3. The zero-order valence-corrected chi connectivity index (χ0v) is 24.0. The van der Waals surface area contributed by atoms with Crippen molar-refractivity contribution < 1.29 is 19.3 Å². The lowest BCUT2D eigenvalue weighted by molar-refractivity contribution is 0.276. The molecule has 3 aromatic rings. The third kappa shape index (κ3) is 7.22. The van der Waals surface area contributed by atoms with E-state index in [9.17, 15) is 5.11 Å². The van der Waals surface area contributed by atoms with Gasteiger partial charge in [0.25, 0.3) is 0 Å². The highest BCUT2D eigenvalue weighted by Crippen LogP contribution is 2.42. The van der Waals surface area contributed by atoms with Crippen molar-refractivity contribution in [2.45, 2.75) is 57.3 Å². The third-order valence-electron chi connectivity index (χ3n) is 8.50. The number of phenols is 1. The number of hydrogen-bond donors (Lipinski definition) is 3. The molecule has 1 fully saturated rings. The van der Waals surface area contributed by atoms with E-state index < -0.39 is 0 Å². The largest absolute Gasteiger partial charge is 0.508 e. The Morgan fingerprint density at radius 2 is 1.68 bits per heavy atom. The number of methoxy groups -OCH3 is 2. The molecule has 0 aliphatic heterocycles. The zero-order valence-electron chi connectivity index (χ0n) is 24.0. The Labute approximate surface area is 239 Å². The van der Waals surface area contributed by atoms with E-state index in [1.165, 1.54) is 41.5 Å². The van der Waals surface area contributed by atoms with Gasteiger partial charge in [0.05, 0.1) is 14.2 Å². The maximum atomic E-state index is 9.89. The number of phenolic OH excluding ortho intramolecular Hbond substituents is 1. The van der Waals surface area contributed by atoms with Crippen LogP contribution in [0.25, 0.3) is 0 Å². The lowest BCUT2D eigenvalue weighted by atomic mass is 9.79. The van der Waals surface area contributed by atoms with Crippen LogP contribution in [0.3, 0.4) is 0 Å². The van der Waals surface area contributed by atoms with Crippen LogP contribution in [-0.4, -0.2) is 45.6 Å². The second-order valence-electron chi connectivity index (χ2n) is 11.2. The number of rotatable bonds is 14. The van der Waals surface area contributed by atoms with Crippen molar-refractivity contribution in [3.05, 3.63) is 76.9 Å². The molecule has 1 saturated carbocycles. The number of aromatic hydroxyl groups is 1. The molecule has 0 aromatic heterocycles. The SMILES string of the molecule is COc1cc(NCCCc2ccc(OCCNCC3CCC3)cc2)c([C@@H]2CCc3cc(O)ccc3C2)cc1OC. The van der Waals surface area contributed by atoms with E-state index in [0.29, 0.717) is 18.3 Å². The van der Waals surface area contributed by atoms with Gasteiger partial charge in [-0.05, 0) is 116 Å². The average Bonchev–Trinajstić information content (AvgIpc) is 2.96. The second kappa shape index (κ2) is 13.8. The Bertz CT molecular complexity index is 1240. The van der Waals surface area contributed by atoms with Gasteiger partial charge < -0.3 is 30.0 Å².